The molecule has 0 aliphatic carbocycles. The highest BCUT2D eigenvalue weighted by molar-refractivity contribution is 7.09. The van der Waals surface area contributed by atoms with Crippen LogP contribution >= 0.6 is 11.3 Å². The third kappa shape index (κ3) is 6.97. The highest BCUT2D eigenvalue weighted by Crippen LogP contribution is 2.12. The van der Waals surface area contributed by atoms with Crippen molar-refractivity contribution in [3.8, 4) is 0 Å². The molecule has 2 aromatic rings. The molecular weight excluding hydrogens is 336 g/mol. The Bertz CT molecular complexity index is 678. The van der Waals surface area contributed by atoms with Crippen LogP contribution < -0.4 is 10.6 Å². The second kappa shape index (κ2) is 8.67. The molecule has 134 valence electrons. The lowest BCUT2D eigenvalue weighted by Gasteiger charge is -2.25. The van der Waals surface area contributed by atoms with Crippen LogP contribution in [0.3, 0.4) is 0 Å². The molecule has 1 aromatic heterocycles. The zero-order chi connectivity index (χ0) is 18.3. The summed E-state index contributed by atoms with van der Waals surface area (Å²) in [6, 6.07) is 12.6. The van der Waals surface area contributed by atoms with Crippen molar-refractivity contribution in [3.63, 3.8) is 0 Å². The van der Waals surface area contributed by atoms with Crippen molar-refractivity contribution in [1.29, 1.82) is 0 Å². The van der Waals surface area contributed by atoms with Gasteiger partial charge in [-0.25, -0.2) is 4.79 Å². The van der Waals surface area contributed by atoms with Crippen molar-refractivity contribution in [2.75, 3.05) is 0 Å². The summed E-state index contributed by atoms with van der Waals surface area (Å²) in [7, 11) is 0. The van der Waals surface area contributed by atoms with Gasteiger partial charge in [0, 0.05) is 16.8 Å². The molecule has 0 radical (unpaired) electrons. The van der Waals surface area contributed by atoms with Crippen LogP contribution in [0, 0.1) is 0 Å². The van der Waals surface area contributed by atoms with Gasteiger partial charge in [0.2, 0.25) is 5.91 Å². The number of rotatable bonds is 6. The second-order valence-electron chi connectivity index (χ2n) is 6.78. The van der Waals surface area contributed by atoms with Gasteiger partial charge < -0.3 is 15.4 Å². The molecule has 1 heterocycles. The fourth-order valence-corrected chi connectivity index (χ4v) is 2.95. The van der Waals surface area contributed by atoms with Crippen LogP contribution in [-0.2, 0) is 22.6 Å². The Hall–Kier alpha value is -2.34. The molecule has 1 aromatic carbocycles. The van der Waals surface area contributed by atoms with Gasteiger partial charge in [-0.1, -0.05) is 36.4 Å². The van der Waals surface area contributed by atoms with E-state index >= 15 is 0 Å². The topological polar surface area (TPSA) is 67.4 Å². The highest BCUT2D eigenvalue weighted by Gasteiger charge is 2.25. The largest absolute Gasteiger partial charge is 0.445 e. The predicted octanol–water partition coefficient (Wildman–Crippen LogP) is 3.50. The van der Waals surface area contributed by atoms with Crippen LogP contribution in [-0.4, -0.2) is 23.6 Å². The van der Waals surface area contributed by atoms with E-state index in [2.05, 4.69) is 10.6 Å². The Kier molecular flexibility index (Phi) is 6.58. The summed E-state index contributed by atoms with van der Waals surface area (Å²) in [6.07, 6.45) is -0.172. The molecular formula is C19H24N2O3S. The first-order valence-electron chi connectivity index (χ1n) is 8.15. The number of hydrogen-bond acceptors (Lipinski definition) is 4. The van der Waals surface area contributed by atoms with Crippen LogP contribution in [0.15, 0.2) is 47.8 Å². The van der Waals surface area contributed by atoms with Gasteiger partial charge in [0.1, 0.15) is 12.6 Å². The molecule has 0 spiro atoms. The molecule has 0 fully saturated rings. The van der Waals surface area contributed by atoms with Crippen molar-refractivity contribution in [2.24, 2.45) is 0 Å². The standard InChI is InChI=1S/C19H24N2O3S/c1-19(2,3)21-17(22)16(12-15-10-7-11-25-15)20-18(23)24-13-14-8-5-4-6-9-14/h4-11,16H,12-13H2,1-3H3,(H,20,23)(H,21,22). The lowest BCUT2D eigenvalue weighted by Crippen LogP contribution is -2.53. The quantitative estimate of drug-likeness (QED) is 0.828. The van der Waals surface area contributed by atoms with Crippen molar-refractivity contribution >= 4 is 23.3 Å². The summed E-state index contributed by atoms with van der Waals surface area (Å²) < 4.78 is 5.23. The molecule has 0 aliphatic rings. The molecule has 0 saturated heterocycles. The third-order valence-corrected chi connectivity index (χ3v) is 4.20. The number of carbonyl (C=O) groups excluding carboxylic acids is 2. The first kappa shape index (κ1) is 19.0. The zero-order valence-electron chi connectivity index (χ0n) is 14.7. The molecule has 6 heteroatoms. The Morgan fingerprint density at radius 3 is 2.44 bits per heavy atom. The number of carbonyl (C=O) groups is 2. The highest BCUT2D eigenvalue weighted by atomic mass is 32.1. The number of amides is 2. The Morgan fingerprint density at radius 2 is 1.84 bits per heavy atom. The van der Waals surface area contributed by atoms with Crippen LogP contribution in [0.2, 0.25) is 0 Å². The van der Waals surface area contributed by atoms with Gasteiger partial charge in [0.15, 0.2) is 0 Å². The number of ether oxygens (including phenoxy) is 1. The maximum Gasteiger partial charge on any atom is 0.408 e. The van der Waals surface area contributed by atoms with Gasteiger partial charge >= 0.3 is 6.09 Å². The first-order chi connectivity index (χ1) is 11.8. The van der Waals surface area contributed by atoms with Gasteiger partial charge in [0.05, 0.1) is 0 Å². The molecule has 0 bridgehead atoms. The summed E-state index contributed by atoms with van der Waals surface area (Å²) in [5, 5.41) is 7.53. The van der Waals surface area contributed by atoms with E-state index in [1.165, 1.54) is 0 Å². The molecule has 25 heavy (non-hydrogen) atoms. The average Bonchev–Trinajstić information content (AvgIpc) is 3.05. The molecule has 2 amide bonds. The Morgan fingerprint density at radius 1 is 1.12 bits per heavy atom. The molecule has 2 rings (SSSR count). The summed E-state index contributed by atoms with van der Waals surface area (Å²) >= 11 is 1.55. The SMILES string of the molecule is CC(C)(C)NC(=O)C(Cc1cccs1)NC(=O)OCc1ccccc1. The minimum absolute atomic E-state index is 0.166. The van der Waals surface area contributed by atoms with Crippen LogP contribution in [0.1, 0.15) is 31.2 Å². The van der Waals surface area contributed by atoms with E-state index in [9.17, 15) is 9.59 Å². The van der Waals surface area contributed by atoms with E-state index in [1.807, 2.05) is 68.6 Å². The normalized spacial score (nSPS) is 12.3. The van der Waals surface area contributed by atoms with E-state index in [0.29, 0.717) is 6.42 Å². The fraction of sp³-hybridized carbons (Fsp3) is 0.368. The Balaban J connectivity index is 1.96. The third-order valence-electron chi connectivity index (χ3n) is 3.30. The van der Waals surface area contributed by atoms with E-state index in [4.69, 9.17) is 4.74 Å². The molecule has 1 unspecified atom stereocenters. The van der Waals surface area contributed by atoms with E-state index in [1.54, 1.807) is 11.3 Å². The van der Waals surface area contributed by atoms with Gasteiger partial charge in [-0.2, -0.15) is 0 Å². The minimum atomic E-state index is -0.679. The zero-order valence-corrected chi connectivity index (χ0v) is 15.6. The number of benzene rings is 1. The number of nitrogens with one attached hydrogen (secondary N) is 2. The van der Waals surface area contributed by atoms with Gasteiger partial charge in [-0.05, 0) is 37.8 Å². The number of hydrogen-bond donors (Lipinski definition) is 2. The van der Waals surface area contributed by atoms with E-state index in [-0.39, 0.29) is 18.1 Å². The lowest BCUT2D eigenvalue weighted by atomic mass is 10.1. The summed E-state index contributed by atoms with van der Waals surface area (Å²) in [6.45, 7) is 5.88. The van der Waals surface area contributed by atoms with Gasteiger partial charge in [0.25, 0.3) is 0 Å². The molecule has 0 aliphatic heterocycles. The number of thiophene rings is 1. The summed E-state index contributed by atoms with van der Waals surface area (Å²) in [5.74, 6) is -0.224. The molecule has 2 N–H and O–H groups in total. The summed E-state index contributed by atoms with van der Waals surface area (Å²) in [4.78, 5) is 25.7. The van der Waals surface area contributed by atoms with Gasteiger partial charge in [-0.15, -0.1) is 11.3 Å². The van der Waals surface area contributed by atoms with Crippen LogP contribution in [0.4, 0.5) is 4.79 Å². The Labute approximate surface area is 152 Å². The molecule has 1 atom stereocenters. The lowest BCUT2D eigenvalue weighted by molar-refractivity contribution is -0.124. The first-order valence-corrected chi connectivity index (χ1v) is 9.03. The van der Waals surface area contributed by atoms with Crippen molar-refractivity contribution in [3.05, 3.63) is 58.3 Å². The monoisotopic (exact) mass is 360 g/mol. The van der Waals surface area contributed by atoms with Crippen LogP contribution in [0.25, 0.3) is 0 Å². The maximum atomic E-state index is 12.5. The van der Waals surface area contributed by atoms with E-state index < -0.39 is 12.1 Å². The average molecular weight is 360 g/mol. The molecule has 0 saturated carbocycles. The van der Waals surface area contributed by atoms with Crippen molar-refractivity contribution in [2.45, 2.75) is 45.4 Å². The van der Waals surface area contributed by atoms with Crippen molar-refractivity contribution < 1.29 is 14.3 Å². The minimum Gasteiger partial charge on any atom is -0.445 e. The van der Waals surface area contributed by atoms with Gasteiger partial charge in [-0.3, -0.25) is 4.79 Å². The fourth-order valence-electron chi connectivity index (χ4n) is 2.20. The summed E-state index contributed by atoms with van der Waals surface area (Å²) in [5.41, 5.74) is 0.520. The van der Waals surface area contributed by atoms with E-state index in [0.717, 1.165) is 10.4 Å². The second-order valence-corrected chi connectivity index (χ2v) is 7.81. The smallest absolute Gasteiger partial charge is 0.408 e. The van der Waals surface area contributed by atoms with Crippen LogP contribution in [0.5, 0.6) is 0 Å². The molecule has 5 nitrogen and oxygen atoms in total. The maximum absolute atomic E-state index is 12.5. The van der Waals surface area contributed by atoms with Crippen molar-refractivity contribution in [1.82, 2.24) is 10.6 Å². The number of alkyl carbamates (subject to hydrolysis) is 1. The predicted molar refractivity (Wildman–Crippen MR) is 99.5 cm³/mol.